The maximum absolute atomic E-state index is 12.6. The summed E-state index contributed by atoms with van der Waals surface area (Å²) >= 11 is 0. The van der Waals surface area contributed by atoms with E-state index in [1.165, 1.54) is 42.5 Å². The second-order valence-corrected chi connectivity index (χ2v) is 6.24. The first-order valence-electron chi connectivity index (χ1n) is 8.87. The number of phenolic OH excluding ortho intramolecular Hbond substituents is 1. The highest BCUT2D eigenvalue weighted by Crippen LogP contribution is 2.35. The monoisotopic (exact) mass is 402 g/mol. The van der Waals surface area contributed by atoms with E-state index in [0.29, 0.717) is 0 Å². The van der Waals surface area contributed by atoms with Crippen LogP contribution in [0.15, 0.2) is 88.1 Å². The average Bonchev–Trinajstić information content (AvgIpc) is 2.77. The molecule has 4 rings (SSSR count). The van der Waals surface area contributed by atoms with Crippen molar-refractivity contribution in [1.82, 2.24) is 0 Å². The van der Waals surface area contributed by atoms with E-state index in [4.69, 9.17) is 13.9 Å². The first-order valence-corrected chi connectivity index (χ1v) is 8.87. The number of hydrogen-bond acceptors (Lipinski definition) is 7. The Balaban J connectivity index is 1.82. The number of ether oxygens (including phenoxy) is 2. The molecule has 0 saturated carbocycles. The Bertz CT molecular complexity index is 1290. The highest BCUT2D eigenvalue weighted by molar-refractivity contribution is 5.97. The second kappa shape index (κ2) is 7.92. The van der Waals surface area contributed by atoms with Crippen molar-refractivity contribution in [2.45, 2.75) is 0 Å². The van der Waals surface area contributed by atoms with Gasteiger partial charge in [-0.25, -0.2) is 14.4 Å². The molecule has 0 bridgehead atoms. The van der Waals surface area contributed by atoms with Crippen LogP contribution in [-0.4, -0.2) is 17.0 Å². The van der Waals surface area contributed by atoms with E-state index in [1.807, 2.05) is 0 Å². The molecular weight excluding hydrogens is 388 g/mol. The van der Waals surface area contributed by atoms with Gasteiger partial charge in [0.2, 0.25) is 0 Å². The number of carbonyl (C=O) groups is 2. The van der Waals surface area contributed by atoms with Gasteiger partial charge in [-0.15, -0.1) is 0 Å². The van der Waals surface area contributed by atoms with Crippen LogP contribution in [0, 0.1) is 0 Å². The predicted octanol–water partition coefficient (Wildman–Crippen LogP) is 3.94. The van der Waals surface area contributed by atoms with Gasteiger partial charge in [0.25, 0.3) is 5.75 Å². The van der Waals surface area contributed by atoms with E-state index >= 15 is 0 Å². The van der Waals surface area contributed by atoms with Gasteiger partial charge in [0, 0.05) is 6.07 Å². The number of fused-ring (bicyclic) bond motifs is 1. The lowest BCUT2D eigenvalue weighted by Crippen LogP contribution is -2.18. The molecular formula is C23H14O7. The molecule has 7 nitrogen and oxygen atoms in total. The van der Waals surface area contributed by atoms with Crippen LogP contribution in [0.25, 0.3) is 11.0 Å². The summed E-state index contributed by atoms with van der Waals surface area (Å²) in [5, 5.41) is 9.85. The van der Waals surface area contributed by atoms with Gasteiger partial charge in [-0.2, -0.15) is 0 Å². The van der Waals surface area contributed by atoms with E-state index in [1.54, 1.807) is 36.4 Å². The quantitative estimate of drug-likeness (QED) is 0.407. The Morgan fingerprint density at radius 1 is 0.733 bits per heavy atom. The van der Waals surface area contributed by atoms with Crippen LogP contribution in [0.3, 0.4) is 0 Å². The van der Waals surface area contributed by atoms with Crippen molar-refractivity contribution in [3.63, 3.8) is 0 Å². The predicted molar refractivity (Wildman–Crippen MR) is 107 cm³/mol. The number of esters is 2. The van der Waals surface area contributed by atoms with Crippen LogP contribution in [0.4, 0.5) is 0 Å². The van der Waals surface area contributed by atoms with Crippen LogP contribution in [0.5, 0.6) is 17.2 Å². The number of rotatable bonds is 4. The molecule has 3 aromatic carbocycles. The number of aromatic hydroxyl groups is 1. The van der Waals surface area contributed by atoms with Gasteiger partial charge < -0.3 is 19.0 Å². The van der Waals surface area contributed by atoms with Crippen molar-refractivity contribution < 1.29 is 28.6 Å². The summed E-state index contributed by atoms with van der Waals surface area (Å²) in [6.07, 6.45) is 0. The van der Waals surface area contributed by atoms with Gasteiger partial charge in [0.1, 0.15) is 11.3 Å². The van der Waals surface area contributed by atoms with Crippen LogP contribution >= 0.6 is 0 Å². The zero-order valence-electron chi connectivity index (χ0n) is 15.4. The Kier molecular flexibility index (Phi) is 5.00. The van der Waals surface area contributed by atoms with Crippen LogP contribution in [-0.2, 0) is 0 Å². The lowest BCUT2D eigenvalue weighted by molar-refractivity contribution is 0.0678. The molecule has 0 aliphatic carbocycles. The molecule has 1 N–H and O–H groups in total. The average molecular weight is 402 g/mol. The molecule has 30 heavy (non-hydrogen) atoms. The minimum atomic E-state index is -1.03. The summed E-state index contributed by atoms with van der Waals surface area (Å²) in [6.45, 7) is 0. The second-order valence-electron chi connectivity index (χ2n) is 6.24. The molecule has 7 heteroatoms. The first kappa shape index (κ1) is 18.9. The lowest BCUT2D eigenvalue weighted by Gasteiger charge is -2.12. The van der Waals surface area contributed by atoms with Crippen molar-refractivity contribution in [3.05, 3.63) is 100 Å². The Labute approximate surface area is 169 Å². The molecule has 0 amide bonds. The Morgan fingerprint density at radius 3 is 1.83 bits per heavy atom. The SMILES string of the molecule is O=C(Oc1c(OC(=O)c2ccccc2)c2ccc(O)cc2oc1=O)c1ccccc1. The van der Waals surface area contributed by atoms with E-state index in [-0.39, 0.29) is 33.6 Å². The van der Waals surface area contributed by atoms with Crippen molar-refractivity contribution in [3.8, 4) is 17.2 Å². The zero-order valence-corrected chi connectivity index (χ0v) is 15.4. The van der Waals surface area contributed by atoms with Crippen molar-refractivity contribution in [2.75, 3.05) is 0 Å². The molecule has 0 radical (unpaired) electrons. The number of carbonyl (C=O) groups excluding carboxylic acids is 2. The molecule has 0 spiro atoms. The van der Waals surface area contributed by atoms with Crippen LogP contribution < -0.4 is 15.1 Å². The molecule has 0 unspecified atom stereocenters. The molecule has 1 aromatic heterocycles. The number of hydrogen-bond donors (Lipinski definition) is 1. The summed E-state index contributed by atoms with van der Waals surface area (Å²) in [4.78, 5) is 37.6. The fourth-order valence-corrected chi connectivity index (χ4v) is 2.79. The summed E-state index contributed by atoms with van der Waals surface area (Å²) in [7, 11) is 0. The molecule has 0 fully saturated rings. The van der Waals surface area contributed by atoms with Crippen molar-refractivity contribution in [1.29, 1.82) is 0 Å². The van der Waals surface area contributed by atoms with Gasteiger partial charge >= 0.3 is 17.6 Å². The van der Waals surface area contributed by atoms with Crippen molar-refractivity contribution >= 4 is 22.9 Å². The molecule has 4 aromatic rings. The van der Waals surface area contributed by atoms with Crippen LogP contribution in [0.1, 0.15) is 20.7 Å². The molecule has 0 aliphatic heterocycles. The fourth-order valence-electron chi connectivity index (χ4n) is 2.79. The first-order chi connectivity index (χ1) is 14.5. The zero-order chi connectivity index (χ0) is 21.1. The third kappa shape index (κ3) is 3.77. The maximum atomic E-state index is 12.6. The molecule has 148 valence electrons. The lowest BCUT2D eigenvalue weighted by atomic mass is 10.2. The van der Waals surface area contributed by atoms with Gasteiger partial charge in [-0.05, 0) is 36.4 Å². The third-order valence-electron chi connectivity index (χ3n) is 4.21. The van der Waals surface area contributed by atoms with E-state index in [2.05, 4.69) is 0 Å². The fraction of sp³-hybridized carbons (Fsp3) is 0. The highest BCUT2D eigenvalue weighted by Gasteiger charge is 2.24. The van der Waals surface area contributed by atoms with E-state index in [9.17, 15) is 19.5 Å². The summed E-state index contributed by atoms with van der Waals surface area (Å²) in [5.41, 5.74) is -0.635. The van der Waals surface area contributed by atoms with E-state index in [0.717, 1.165) is 0 Å². The van der Waals surface area contributed by atoms with Gasteiger partial charge in [-0.3, -0.25) is 0 Å². The Hall–Kier alpha value is -4.39. The molecule has 1 heterocycles. The van der Waals surface area contributed by atoms with Gasteiger partial charge in [-0.1, -0.05) is 36.4 Å². The third-order valence-corrected chi connectivity index (χ3v) is 4.21. The number of benzene rings is 3. The maximum Gasteiger partial charge on any atom is 0.383 e. The normalized spacial score (nSPS) is 10.5. The minimum absolute atomic E-state index is 0.0321. The number of phenols is 1. The van der Waals surface area contributed by atoms with Gasteiger partial charge in [0.15, 0.2) is 5.75 Å². The molecule has 0 aliphatic rings. The summed E-state index contributed by atoms with van der Waals surface area (Å²) < 4.78 is 15.9. The minimum Gasteiger partial charge on any atom is -0.508 e. The summed E-state index contributed by atoms with van der Waals surface area (Å²) in [5.74, 6) is -2.57. The highest BCUT2D eigenvalue weighted by atomic mass is 16.6. The standard InChI is InChI=1S/C23H14O7/c24-16-11-12-17-18(13-16)28-23(27)20(30-22(26)15-9-5-2-6-10-15)19(17)29-21(25)14-7-3-1-4-8-14/h1-13,24H. The Morgan fingerprint density at radius 2 is 1.27 bits per heavy atom. The van der Waals surface area contributed by atoms with Crippen molar-refractivity contribution in [2.24, 2.45) is 0 Å². The molecule has 0 saturated heterocycles. The summed E-state index contributed by atoms with van der Waals surface area (Å²) in [6, 6.07) is 20.1. The molecule has 0 atom stereocenters. The van der Waals surface area contributed by atoms with Gasteiger partial charge in [0.05, 0.1) is 16.5 Å². The van der Waals surface area contributed by atoms with Crippen LogP contribution in [0.2, 0.25) is 0 Å². The van der Waals surface area contributed by atoms with E-state index < -0.39 is 23.3 Å². The smallest absolute Gasteiger partial charge is 0.383 e. The largest absolute Gasteiger partial charge is 0.508 e. The topological polar surface area (TPSA) is 103 Å².